The summed E-state index contributed by atoms with van der Waals surface area (Å²) in [4.78, 5) is 14.3. The van der Waals surface area contributed by atoms with E-state index in [2.05, 4.69) is 19.1 Å². The minimum atomic E-state index is -0.0656. The molecule has 1 heterocycles. The van der Waals surface area contributed by atoms with E-state index in [1.54, 1.807) is 0 Å². The molecule has 1 aliphatic heterocycles. The van der Waals surface area contributed by atoms with Crippen molar-refractivity contribution >= 4 is 5.91 Å². The van der Waals surface area contributed by atoms with Crippen LogP contribution >= 0.6 is 0 Å². The van der Waals surface area contributed by atoms with Gasteiger partial charge in [-0.25, -0.2) is 0 Å². The van der Waals surface area contributed by atoms with Crippen LogP contribution in [0.3, 0.4) is 0 Å². The molecule has 0 bridgehead atoms. The molecule has 3 heteroatoms. The largest absolute Gasteiger partial charge is 0.342 e. The van der Waals surface area contributed by atoms with E-state index in [0.717, 1.165) is 32.4 Å². The smallest absolute Gasteiger partial charge is 0.227 e. The SMILES string of the molecule is Cc1ccccc1CC(CN)C(=O)N1CCCC1. The normalized spacial score (nSPS) is 16.9. The first kappa shape index (κ1) is 13.1. The zero-order valence-corrected chi connectivity index (χ0v) is 11.1. The lowest BCUT2D eigenvalue weighted by atomic mass is 9.95. The fourth-order valence-electron chi connectivity index (χ4n) is 2.57. The molecule has 0 radical (unpaired) electrons. The summed E-state index contributed by atoms with van der Waals surface area (Å²) >= 11 is 0. The molecular weight excluding hydrogens is 224 g/mol. The molecule has 2 rings (SSSR count). The number of hydrogen-bond acceptors (Lipinski definition) is 2. The standard InChI is InChI=1S/C15H22N2O/c1-12-6-2-3-7-13(12)10-14(11-16)15(18)17-8-4-5-9-17/h2-3,6-7,14H,4-5,8-11,16H2,1H3. The van der Waals surface area contributed by atoms with Crippen LogP contribution in [-0.4, -0.2) is 30.4 Å². The maximum atomic E-state index is 12.3. The van der Waals surface area contributed by atoms with Crippen molar-refractivity contribution in [2.24, 2.45) is 11.7 Å². The van der Waals surface area contributed by atoms with E-state index in [0.29, 0.717) is 6.54 Å². The molecule has 98 valence electrons. The first-order valence-corrected chi connectivity index (χ1v) is 6.75. The quantitative estimate of drug-likeness (QED) is 0.879. The lowest BCUT2D eigenvalue weighted by molar-refractivity contribution is -0.134. The number of aryl methyl sites for hydroxylation is 1. The summed E-state index contributed by atoms with van der Waals surface area (Å²) < 4.78 is 0. The van der Waals surface area contributed by atoms with Crippen LogP contribution in [-0.2, 0) is 11.2 Å². The maximum Gasteiger partial charge on any atom is 0.227 e. The number of benzene rings is 1. The van der Waals surface area contributed by atoms with E-state index in [-0.39, 0.29) is 11.8 Å². The predicted molar refractivity (Wildman–Crippen MR) is 73.2 cm³/mol. The number of nitrogens with zero attached hydrogens (tertiary/aromatic N) is 1. The third kappa shape index (κ3) is 2.91. The molecule has 1 aromatic carbocycles. The fraction of sp³-hybridized carbons (Fsp3) is 0.533. The summed E-state index contributed by atoms with van der Waals surface area (Å²) in [5.41, 5.74) is 8.27. The number of carbonyl (C=O) groups excluding carboxylic acids is 1. The number of rotatable bonds is 4. The molecule has 1 unspecified atom stereocenters. The Morgan fingerprint density at radius 2 is 2.00 bits per heavy atom. The molecule has 1 aromatic rings. The molecule has 1 atom stereocenters. The van der Waals surface area contributed by atoms with Crippen molar-refractivity contribution in [3.8, 4) is 0 Å². The van der Waals surface area contributed by atoms with Gasteiger partial charge in [0.15, 0.2) is 0 Å². The minimum Gasteiger partial charge on any atom is -0.342 e. The van der Waals surface area contributed by atoms with Gasteiger partial charge in [-0.2, -0.15) is 0 Å². The summed E-state index contributed by atoms with van der Waals surface area (Å²) in [7, 11) is 0. The Morgan fingerprint density at radius 3 is 2.61 bits per heavy atom. The Balaban J connectivity index is 2.05. The second-order valence-electron chi connectivity index (χ2n) is 5.10. The van der Waals surface area contributed by atoms with Crippen molar-refractivity contribution in [2.45, 2.75) is 26.2 Å². The van der Waals surface area contributed by atoms with Gasteiger partial charge in [-0.05, 0) is 37.3 Å². The molecule has 1 aliphatic rings. The highest BCUT2D eigenvalue weighted by Crippen LogP contribution is 2.17. The summed E-state index contributed by atoms with van der Waals surface area (Å²) in [6, 6.07) is 8.23. The summed E-state index contributed by atoms with van der Waals surface area (Å²) in [6.45, 7) is 4.33. The van der Waals surface area contributed by atoms with Crippen LogP contribution in [0.2, 0.25) is 0 Å². The van der Waals surface area contributed by atoms with Gasteiger partial charge >= 0.3 is 0 Å². The number of likely N-dealkylation sites (tertiary alicyclic amines) is 1. The topological polar surface area (TPSA) is 46.3 Å². The summed E-state index contributed by atoms with van der Waals surface area (Å²) in [6.07, 6.45) is 3.03. The van der Waals surface area contributed by atoms with Gasteiger partial charge in [0.25, 0.3) is 0 Å². The average Bonchev–Trinajstić information content (AvgIpc) is 2.91. The van der Waals surface area contributed by atoms with Crippen LogP contribution in [0.15, 0.2) is 24.3 Å². The highest BCUT2D eigenvalue weighted by Gasteiger charge is 2.25. The van der Waals surface area contributed by atoms with Crippen LogP contribution in [0.25, 0.3) is 0 Å². The van der Waals surface area contributed by atoms with Gasteiger partial charge in [0, 0.05) is 19.6 Å². The summed E-state index contributed by atoms with van der Waals surface area (Å²) in [5.74, 6) is 0.169. The molecule has 18 heavy (non-hydrogen) atoms. The molecule has 0 aromatic heterocycles. The van der Waals surface area contributed by atoms with E-state index in [9.17, 15) is 4.79 Å². The minimum absolute atomic E-state index is 0.0656. The van der Waals surface area contributed by atoms with Gasteiger partial charge in [0.2, 0.25) is 5.91 Å². The second kappa shape index (κ2) is 6.01. The van der Waals surface area contributed by atoms with Gasteiger partial charge in [-0.15, -0.1) is 0 Å². The van der Waals surface area contributed by atoms with E-state index >= 15 is 0 Å². The zero-order chi connectivity index (χ0) is 13.0. The molecule has 3 nitrogen and oxygen atoms in total. The fourth-order valence-corrected chi connectivity index (χ4v) is 2.57. The van der Waals surface area contributed by atoms with Crippen LogP contribution in [0, 0.1) is 12.8 Å². The maximum absolute atomic E-state index is 12.3. The Bertz CT molecular complexity index is 411. The highest BCUT2D eigenvalue weighted by atomic mass is 16.2. The Labute approximate surface area is 109 Å². The first-order valence-electron chi connectivity index (χ1n) is 6.75. The van der Waals surface area contributed by atoms with Gasteiger partial charge in [0.05, 0.1) is 5.92 Å². The molecule has 0 spiro atoms. The predicted octanol–water partition coefficient (Wildman–Crippen LogP) is 1.73. The summed E-state index contributed by atoms with van der Waals surface area (Å²) in [5, 5.41) is 0. The second-order valence-corrected chi connectivity index (χ2v) is 5.10. The van der Waals surface area contributed by atoms with Crippen molar-refractivity contribution in [1.82, 2.24) is 4.90 Å². The van der Waals surface area contributed by atoms with E-state index < -0.39 is 0 Å². The van der Waals surface area contributed by atoms with Crippen molar-refractivity contribution in [2.75, 3.05) is 19.6 Å². The van der Waals surface area contributed by atoms with Gasteiger partial charge in [-0.1, -0.05) is 24.3 Å². The van der Waals surface area contributed by atoms with Gasteiger partial charge in [-0.3, -0.25) is 4.79 Å². The van der Waals surface area contributed by atoms with E-state index in [1.165, 1.54) is 11.1 Å². The van der Waals surface area contributed by atoms with Crippen molar-refractivity contribution in [1.29, 1.82) is 0 Å². The third-order valence-electron chi connectivity index (χ3n) is 3.78. The van der Waals surface area contributed by atoms with Gasteiger partial charge in [0.1, 0.15) is 0 Å². The van der Waals surface area contributed by atoms with E-state index in [4.69, 9.17) is 5.73 Å². The molecule has 1 amide bonds. The van der Waals surface area contributed by atoms with Gasteiger partial charge < -0.3 is 10.6 Å². The Hall–Kier alpha value is -1.35. The molecule has 2 N–H and O–H groups in total. The molecule has 0 aliphatic carbocycles. The average molecular weight is 246 g/mol. The number of nitrogens with two attached hydrogens (primary N) is 1. The Kier molecular flexibility index (Phi) is 4.37. The number of carbonyl (C=O) groups is 1. The number of hydrogen-bond donors (Lipinski definition) is 1. The van der Waals surface area contributed by atoms with E-state index in [1.807, 2.05) is 17.0 Å². The lowest BCUT2D eigenvalue weighted by Crippen LogP contribution is -2.38. The first-order chi connectivity index (χ1) is 8.72. The number of amides is 1. The van der Waals surface area contributed by atoms with Crippen LogP contribution < -0.4 is 5.73 Å². The van der Waals surface area contributed by atoms with Crippen molar-refractivity contribution in [3.63, 3.8) is 0 Å². The molecule has 1 fully saturated rings. The van der Waals surface area contributed by atoms with Crippen LogP contribution in [0.5, 0.6) is 0 Å². The van der Waals surface area contributed by atoms with Crippen LogP contribution in [0.1, 0.15) is 24.0 Å². The monoisotopic (exact) mass is 246 g/mol. The Morgan fingerprint density at radius 1 is 1.33 bits per heavy atom. The lowest BCUT2D eigenvalue weighted by Gasteiger charge is -2.22. The van der Waals surface area contributed by atoms with Crippen molar-refractivity contribution in [3.05, 3.63) is 35.4 Å². The zero-order valence-electron chi connectivity index (χ0n) is 11.1. The van der Waals surface area contributed by atoms with Crippen molar-refractivity contribution < 1.29 is 4.79 Å². The highest BCUT2D eigenvalue weighted by molar-refractivity contribution is 5.79. The molecular formula is C15H22N2O. The van der Waals surface area contributed by atoms with Crippen LogP contribution in [0.4, 0.5) is 0 Å². The third-order valence-corrected chi connectivity index (χ3v) is 3.78. The molecule has 1 saturated heterocycles. The molecule has 0 saturated carbocycles.